The highest BCUT2D eigenvalue weighted by Gasteiger charge is 2.34. The zero-order valence-corrected chi connectivity index (χ0v) is 16.0. The standard InChI is InChI=1S/C21H25N5O/c1-25(2)21-19-18(15-12-14-8-5-9-16(27-3)17(14)23-15)24-20(13-6-4-7-13)26(19)11-10-22-21/h5,8-14,17,23H,4,6-7H2,1-3H3. The van der Waals surface area contributed by atoms with E-state index in [-0.39, 0.29) is 12.0 Å². The molecule has 0 radical (unpaired) electrons. The van der Waals surface area contributed by atoms with Crippen molar-refractivity contribution in [3.8, 4) is 0 Å². The second kappa shape index (κ2) is 6.15. The highest BCUT2D eigenvalue weighted by molar-refractivity contribution is 5.85. The van der Waals surface area contributed by atoms with Gasteiger partial charge in [0.15, 0.2) is 5.82 Å². The first-order chi connectivity index (χ1) is 13.2. The number of allylic oxidation sites excluding steroid dienone is 2. The van der Waals surface area contributed by atoms with E-state index in [4.69, 9.17) is 9.72 Å². The zero-order chi connectivity index (χ0) is 18.5. The maximum Gasteiger partial charge on any atom is 0.154 e. The maximum atomic E-state index is 5.58. The van der Waals surface area contributed by atoms with Gasteiger partial charge in [-0.1, -0.05) is 18.6 Å². The van der Waals surface area contributed by atoms with Crippen LogP contribution < -0.4 is 10.2 Å². The van der Waals surface area contributed by atoms with Crippen LogP contribution in [0.5, 0.6) is 0 Å². The summed E-state index contributed by atoms with van der Waals surface area (Å²) in [6.07, 6.45) is 16.2. The summed E-state index contributed by atoms with van der Waals surface area (Å²) in [4.78, 5) is 11.8. The summed E-state index contributed by atoms with van der Waals surface area (Å²) in [6.45, 7) is 0. The van der Waals surface area contributed by atoms with Gasteiger partial charge in [0, 0.05) is 38.3 Å². The van der Waals surface area contributed by atoms with E-state index in [2.05, 4.69) is 44.0 Å². The Morgan fingerprint density at radius 3 is 2.85 bits per heavy atom. The number of nitrogens with zero attached hydrogens (tertiary/aromatic N) is 4. The summed E-state index contributed by atoms with van der Waals surface area (Å²) >= 11 is 0. The largest absolute Gasteiger partial charge is 0.499 e. The van der Waals surface area contributed by atoms with Gasteiger partial charge >= 0.3 is 0 Å². The van der Waals surface area contributed by atoms with Crippen LogP contribution in [-0.4, -0.2) is 41.6 Å². The van der Waals surface area contributed by atoms with Crippen molar-refractivity contribution in [3.05, 3.63) is 54.0 Å². The van der Waals surface area contributed by atoms with E-state index in [1.54, 1.807) is 7.11 Å². The molecule has 6 nitrogen and oxygen atoms in total. The van der Waals surface area contributed by atoms with Crippen LogP contribution in [-0.2, 0) is 4.74 Å². The number of rotatable bonds is 4. The molecule has 3 aliphatic rings. The third-order valence-corrected chi connectivity index (χ3v) is 5.90. The molecule has 0 saturated heterocycles. The first-order valence-corrected chi connectivity index (χ1v) is 9.62. The Balaban J connectivity index is 1.65. The van der Waals surface area contributed by atoms with E-state index in [0.29, 0.717) is 5.92 Å². The molecule has 3 heterocycles. The minimum absolute atomic E-state index is 0.137. The number of ether oxygens (including phenoxy) is 1. The van der Waals surface area contributed by atoms with Crippen molar-refractivity contribution in [2.45, 2.75) is 31.2 Å². The Morgan fingerprint density at radius 1 is 1.30 bits per heavy atom. The lowest BCUT2D eigenvalue weighted by Gasteiger charge is -2.24. The lowest BCUT2D eigenvalue weighted by Crippen LogP contribution is -2.31. The third kappa shape index (κ3) is 2.46. The average Bonchev–Trinajstić information content (AvgIpc) is 3.21. The molecule has 1 N–H and O–H groups in total. The summed E-state index contributed by atoms with van der Waals surface area (Å²) in [5.74, 6) is 3.89. The van der Waals surface area contributed by atoms with Crippen LogP contribution in [0.15, 0.2) is 42.5 Å². The molecule has 2 aliphatic carbocycles. The van der Waals surface area contributed by atoms with Crippen LogP contribution >= 0.6 is 0 Å². The smallest absolute Gasteiger partial charge is 0.154 e. The fourth-order valence-corrected chi connectivity index (χ4v) is 4.27. The van der Waals surface area contributed by atoms with Gasteiger partial charge in [0.1, 0.15) is 22.8 Å². The summed E-state index contributed by atoms with van der Waals surface area (Å²) in [5, 5.41) is 3.65. The lowest BCUT2D eigenvalue weighted by atomic mass is 9.85. The zero-order valence-electron chi connectivity index (χ0n) is 16.0. The van der Waals surface area contributed by atoms with Crippen LogP contribution in [0.2, 0.25) is 0 Å². The summed E-state index contributed by atoms with van der Waals surface area (Å²) in [6, 6.07) is 0.137. The van der Waals surface area contributed by atoms with Crippen molar-refractivity contribution in [1.29, 1.82) is 0 Å². The topological polar surface area (TPSA) is 54.7 Å². The Kier molecular flexibility index (Phi) is 3.74. The quantitative estimate of drug-likeness (QED) is 0.905. The number of methoxy groups -OCH3 is 1. The number of imidazole rings is 1. The van der Waals surface area contributed by atoms with E-state index in [9.17, 15) is 0 Å². The van der Waals surface area contributed by atoms with Gasteiger partial charge in [-0.15, -0.1) is 0 Å². The predicted molar refractivity (Wildman–Crippen MR) is 107 cm³/mol. The monoisotopic (exact) mass is 363 g/mol. The first-order valence-electron chi connectivity index (χ1n) is 9.62. The van der Waals surface area contributed by atoms with Crippen LogP contribution in [0.4, 0.5) is 5.82 Å². The van der Waals surface area contributed by atoms with Crippen LogP contribution in [0.3, 0.4) is 0 Å². The molecular formula is C21H25N5O. The lowest BCUT2D eigenvalue weighted by molar-refractivity contribution is 0.250. The fraction of sp³-hybridized carbons (Fsp3) is 0.429. The highest BCUT2D eigenvalue weighted by Crippen LogP contribution is 2.40. The van der Waals surface area contributed by atoms with Crippen molar-refractivity contribution >= 4 is 17.0 Å². The number of nitrogens with one attached hydrogen (secondary N) is 1. The molecule has 1 fully saturated rings. The number of anilines is 1. The van der Waals surface area contributed by atoms with Gasteiger partial charge in [0.05, 0.1) is 18.8 Å². The Morgan fingerprint density at radius 2 is 2.15 bits per heavy atom. The second-order valence-corrected chi connectivity index (χ2v) is 7.75. The van der Waals surface area contributed by atoms with Crippen molar-refractivity contribution in [3.63, 3.8) is 0 Å². The first kappa shape index (κ1) is 16.4. The predicted octanol–water partition coefficient (Wildman–Crippen LogP) is 3.09. The molecule has 0 spiro atoms. The number of aromatic nitrogens is 3. The second-order valence-electron chi connectivity index (χ2n) is 7.75. The SMILES string of the molecule is COC1=CC=CC2C=C(c3nc(C4CCC4)n4ccnc(N(C)C)c34)NC12. The Bertz CT molecular complexity index is 980. The molecule has 2 aromatic heterocycles. The van der Waals surface area contributed by atoms with Gasteiger partial charge in [-0.2, -0.15) is 0 Å². The molecule has 2 unspecified atom stereocenters. The molecule has 0 amide bonds. The van der Waals surface area contributed by atoms with Crippen molar-refractivity contribution in [2.75, 3.05) is 26.1 Å². The van der Waals surface area contributed by atoms with Gasteiger partial charge in [-0.3, -0.25) is 4.40 Å². The van der Waals surface area contributed by atoms with E-state index < -0.39 is 0 Å². The fourth-order valence-electron chi connectivity index (χ4n) is 4.27. The van der Waals surface area contributed by atoms with E-state index in [0.717, 1.165) is 34.3 Å². The van der Waals surface area contributed by atoms with Gasteiger partial charge in [-0.25, -0.2) is 9.97 Å². The van der Waals surface area contributed by atoms with Crippen LogP contribution in [0.1, 0.15) is 36.7 Å². The van der Waals surface area contributed by atoms with Crippen molar-refractivity contribution < 1.29 is 4.74 Å². The van der Waals surface area contributed by atoms with Gasteiger partial charge in [0.25, 0.3) is 0 Å². The number of hydrogen-bond acceptors (Lipinski definition) is 5. The van der Waals surface area contributed by atoms with Gasteiger partial charge in [-0.05, 0) is 25.0 Å². The Labute approximate surface area is 159 Å². The van der Waals surface area contributed by atoms with E-state index >= 15 is 0 Å². The molecule has 140 valence electrons. The Hall–Kier alpha value is -2.76. The molecule has 6 heteroatoms. The van der Waals surface area contributed by atoms with Gasteiger partial charge < -0.3 is 15.0 Å². The molecule has 0 aromatic carbocycles. The number of fused-ring (bicyclic) bond motifs is 2. The molecular weight excluding hydrogens is 338 g/mol. The van der Waals surface area contributed by atoms with E-state index in [1.807, 2.05) is 26.4 Å². The summed E-state index contributed by atoms with van der Waals surface area (Å²) in [7, 11) is 5.80. The molecule has 0 bridgehead atoms. The molecule has 27 heavy (non-hydrogen) atoms. The average molecular weight is 363 g/mol. The van der Waals surface area contributed by atoms with Crippen molar-refractivity contribution in [2.24, 2.45) is 5.92 Å². The minimum Gasteiger partial charge on any atom is -0.499 e. The summed E-state index contributed by atoms with van der Waals surface area (Å²) in [5.41, 5.74) is 3.14. The van der Waals surface area contributed by atoms with E-state index in [1.165, 1.54) is 19.3 Å². The van der Waals surface area contributed by atoms with Crippen LogP contribution in [0, 0.1) is 5.92 Å². The molecule has 5 rings (SSSR count). The number of hydrogen-bond donors (Lipinski definition) is 1. The third-order valence-electron chi connectivity index (χ3n) is 5.90. The van der Waals surface area contributed by atoms with Crippen LogP contribution in [0.25, 0.3) is 11.2 Å². The van der Waals surface area contributed by atoms with Gasteiger partial charge in [0.2, 0.25) is 0 Å². The normalized spacial score (nSPS) is 24.1. The molecule has 1 saturated carbocycles. The molecule has 2 atom stereocenters. The van der Waals surface area contributed by atoms with Crippen molar-refractivity contribution in [1.82, 2.24) is 19.7 Å². The molecule has 2 aromatic rings. The summed E-state index contributed by atoms with van der Waals surface area (Å²) < 4.78 is 7.82. The molecule has 1 aliphatic heterocycles. The highest BCUT2D eigenvalue weighted by atomic mass is 16.5. The maximum absolute atomic E-state index is 5.58. The minimum atomic E-state index is 0.137.